The van der Waals surface area contributed by atoms with Crippen molar-refractivity contribution in [3.8, 4) is 11.5 Å². The molecule has 118 valence electrons. The highest BCUT2D eigenvalue weighted by Gasteiger charge is 2.05. The van der Waals surface area contributed by atoms with Gasteiger partial charge in [-0.1, -0.05) is 13.0 Å². The standard InChI is InChI=1S/C16H26N2O3/c1-4-9-18-16(19)8-10-17-12-13-6-7-14(20-3)15(11-13)21-5-2/h6-7,11,17H,4-5,8-10,12H2,1-3H3,(H,18,19). The average molecular weight is 294 g/mol. The van der Waals surface area contributed by atoms with Gasteiger partial charge in [-0.25, -0.2) is 0 Å². The zero-order valence-electron chi connectivity index (χ0n) is 13.2. The molecule has 0 saturated heterocycles. The highest BCUT2D eigenvalue weighted by atomic mass is 16.5. The molecule has 0 saturated carbocycles. The molecule has 1 aromatic rings. The van der Waals surface area contributed by atoms with Crippen LogP contribution in [0.1, 0.15) is 32.3 Å². The molecule has 21 heavy (non-hydrogen) atoms. The van der Waals surface area contributed by atoms with Crippen LogP contribution in [0.4, 0.5) is 0 Å². The first kappa shape index (κ1) is 17.3. The van der Waals surface area contributed by atoms with Crippen LogP contribution in [0, 0.1) is 0 Å². The number of hydrogen-bond acceptors (Lipinski definition) is 4. The fraction of sp³-hybridized carbons (Fsp3) is 0.562. The van der Waals surface area contributed by atoms with E-state index in [4.69, 9.17) is 9.47 Å². The Hall–Kier alpha value is -1.75. The zero-order valence-corrected chi connectivity index (χ0v) is 13.2. The molecule has 1 amide bonds. The predicted octanol–water partition coefficient (Wildman–Crippen LogP) is 2.10. The number of hydrogen-bond donors (Lipinski definition) is 2. The van der Waals surface area contributed by atoms with E-state index in [2.05, 4.69) is 10.6 Å². The topological polar surface area (TPSA) is 59.6 Å². The number of carbonyl (C=O) groups excluding carboxylic acids is 1. The lowest BCUT2D eigenvalue weighted by molar-refractivity contribution is -0.120. The summed E-state index contributed by atoms with van der Waals surface area (Å²) in [7, 11) is 1.63. The molecule has 0 heterocycles. The van der Waals surface area contributed by atoms with E-state index in [0.717, 1.165) is 30.0 Å². The van der Waals surface area contributed by atoms with Crippen molar-refractivity contribution in [2.24, 2.45) is 0 Å². The summed E-state index contributed by atoms with van der Waals surface area (Å²) in [6.45, 7) is 6.69. The first-order valence-electron chi connectivity index (χ1n) is 7.48. The minimum Gasteiger partial charge on any atom is -0.493 e. The van der Waals surface area contributed by atoms with Gasteiger partial charge in [0.15, 0.2) is 11.5 Å². The maximum atomic E-state index is 11.4. The molecule has 5 nitrogen and oxygen atoms in total. The lowest BCUT2D eigenvalue weighted by atomic mass is 10.2. The van der Waals surface area contributed by atoms with Crippen LogP contribution in [0.5, 0.6) is 11.5 Å². The monoisotopic (exact) mass is 294 g/mol. The summed E-state index contributed by atoms with van der Waals surface area (Å²) in [5.41, 5.74) is 1.10. The van der Waals surface area contributed by atoms with Gasteiger partial charge in [0.2, 0.25) is 5.91 Å². The smallest absolute Gasteiger partial charge is 0.221 e. The van der Waals surface area contributed by atoms with E-state index in [1.165, 1.54) is 0 Å². The van der Waals surface area contributed by atoms with Crippen LogP contribution in [0.2, 0.25) is 0 Å². The molecule has 0 radical (unpaired) electrons. The van der Waals surface area contributed by atoms with Gasteiger partial charge in [0.1, 0.15) is 0 Å². The molecule has 0 aliphatic carbocycles. The van der Waals surface area contributed by atoms with Crippen molar-refractivity contribution in [2.45, 2.75) is 33.2 Å². The number of nitrogens with one attached hydrogen (secondary N) is 2. The fourth-order valence-electron chi connectivity index (χ4n) is 1.89. The second kappa shape index (κ2) is 10.0. The van der Waals surface area contributed by atoms with E-state index < -0.39 is 0 Å². The molecule has 2 N–H and O–H groups in total. The van der Waals surface area contributed by atoms with Crippen LogP contribution in [0.3, 0.4) is 0 Å². The normalized spacial score (nSPS) is 10.2. The first-order valence-corrected chi connectivity index (χ1v) is 7.48. The Balaban J connectivity index is 2.38. The minimum atomic E-state index is 0.0917. The molecule has 5 heteroatoms. The molecule has 0 bridgehead atoms. The number of rotatable bonds is 10. The maximum Gasteiger partial charge on any atom is 0.221 e. The summed E-state index contributed by atoms with van der Waals surface area (Å²) in [5.74, 6) is 1.58. The third kappa shape index (κ3) is 6.49. The van der Waals surface area contributed by atoms with E-state index in [1.807, 2.05) is 32.0 Å². The highest BCUT2D eigenvalue weighted by molar-refractivity contribution is 5.75. The van der Waals surface area contributed by atoms with Crippen molar-refractivity contribution in [2.75, 3.05) is 26.8 Å². The van der Waals surface area contributed by atoms with Gasteiger partial charge in [0.25, 0.3) is 0 Å². The van der Waals surface area contributed by atoms with Gasteiger partial charge in [-0.3, -0.25) is 4.79 Å². The quantitative estimate of drug-likeness (QED) is 0.649. The number of carbonyl (C=O) groups is 1. The van der Waals surface area contributed by atoms with Crippen LogP contribution in [0.25, 0.3) is 0 Å². The van der Waals surface area contributed by atoms with E-state index in [1.54, 1.807) is 7.11 Å². The summed E-state index contributed by atoms with van der Waals surface area (Å²) in [4.78, 5) is 11.4. The predicted molar refractivity (Wildman–Crippen MR) is 83.8 cm³/mol. The molecule has 0 fully saturated rings. The van der Waals surface area contributed by atoms with E-state index >= 15 is 0 Å². The lowest BCUT2D eigenvalue weighted by Gasteiger charge is -2.11. The molecular formula is C16H26N2O3. The maximum absolute atomic E-state index is 11.4. The van der Waals surface area contributed by atoms with Gasteiger partial charge >= 0.3 is 0 Å². The van der Waals surface area contributed by atoms with Gasteiger partial charge in [-0.2, -0.15) is 0 Å². The fourth-order valence-corrected chi connectivity index (χ4v) is 1.89. The molecular weight excluding hydrogens is 268 g/mol. The van der Waals surface area contributed by atoms with E-state index in [-0.39, 0.29) is 5.91 Å². The van der Waals surface area contributed by atoms with Crippen molar-refractivity contribution in [1.82, 2.24) is 10.6 Å². The molecule has 1 rings (SSSR count). The summed E-state index contributed by atoms with van der Waals surface area (Å²) in [6, 6.07) is 5.86. The van der Waals surface area contributed by atoms with Crippen molar-refractivity contribution in [3.63, 3.8) is 0 Å². The van der Waals surface area contributed by atoms with Crippen molar-refractivity contribution < 1.29 is 14.3 Å². The van der Waals surface area contributed by atoms with Gasteiger partial charge in [0.05, 0.1) is 13.7 Å². The molecule has 0 atom stereocenters. The number of amides is 1. The summed E-state index contributed by atoms with van der Waals surface area (Å²) >= 11 is 0. The molecule has 0 unspecified atom stereocenters. The molecule has 1 aromatic carbocycles. The van der Waals surface area contributed by atoms with Gasteiger partial charge in [-0.05, 0) is 31.0 Å². The summed E-state index contributed by atoms with van der Waals surface area (Å²) in [6.07, 6.45) is 1.46. The van der Waals surface area contributed by atoms with Crippen LogP contribution < -0.4 is 20.1 Å². The first-order chi connectivity index (χ1) is 10.2. The minimum absolute atomic E-state index is 0.0917. The van der Waals surface area contributed by atoms with Crippen molar-refractivity contribution >= 4 is 5.91 Å². The summed E-state index contributed by atoms with van der Waals surface area (Å²) < 4.78 is 10.8. The van der Waals surface area contributed by atoms with Crippen LogP contribution >= 0.6 is 0 Å². The summed E-state index contributed by atoms with van der Waals surface area (Å²) in [5, 5.41) is 6.12. The Morgan fingerprint density at radius 1 is 1.19 bits per heavy atom. The number of benzene rings is 1. The average Bonchev–Trinajstić information content (AvgIpc) is 2.50. The Morgan fingerprint density at radius 2 is 2.00 bits per heavy atom. The molecule has 0 spiro atoms. The van der Waals surface area contributed by atoms with Gasteiger partial charge < -0.3 is 20.1 Å². The van der Waals surface area contributed by atoms with Crippen molar-refractivity contribution in [1.29, 1.82) is 0 Å². The second-order valence-electron chi connectivity index (χ2n) is 4.69. The molecule has 0 aliphatic heterocycles. The Morgan fingerprint density at radius 3 is 2.67 bits per heavy atom. The third-order valence-corrected chi connectivity index (χ3v) is 2.96. The highest BCUT2D eigenvalue weighted by Crippen LogP contribution is 2.27. The van der Waals surface area contributed by atoms with E-state index in [9.17, 15) is 4.79 Å². The van der Waals surface area contributed by atoms with Gasteiger partial charge in [-0.15, -0.1) is 0 Å². The SMILES string of the molecule is CCCNC(=O)CCNCc1ccc(OC)c(OCC)c1. The Bertz CT molecular complexity index is 436. The Kier molecular flexibility index (Phi) is 8.28. The van der Waals surface area contributed by atoms with Crippen molar-refractivity contribution in [3.05, 3.63) is 23.8 Å². The lowest BCUT2D eigenvalue weighted by Crippen LogP contribution is -2.28. The second-order valence-corrected chi connectivity index (χ2v) is 4.69. The van der Waals surface area contributed by atoms with Gasteiger partial charge in [0, 0.05) is 26.1 Å². The molecule has 0 aromatic heterocycles. The Labute approximate surface area is 127 Å². The van der Waals surface area contributed by atoms with Crippen LogP contribution in [-0.2, 0) is 11.3 Å². The van der Waals surface area contributed by atoms with E-state index in [0.29, 0.717) is 26.1 Å². The largest absolute Gasteiger partial charge is 0.493 e. The number of methoxy groups -OCH3 is 1. The molecule has 0 aliphatic rings. The van der Waals surface area contributed by atoms with Crippen LogP contribution in [0.15, 0.2) is 18.2 Å². The third-order valence-electron chi connectivity index (χ3n) is 2.96. The van der Waals surface area contributed by atoms with Crippen LogP contribution in [-0.4, -0.2) is 32.7 Å². The zero-order chi connectivity index (χ0) is 15.5. The number of ether oxygens (including phenoxy) is 2.